The summed E-state index contributed by atoms with van der Waals surface area (Å²) in [5, 5.41) is 3.55. The van der Waals surface area contributed by atoms with E-state index in [-0.39, 0.29) is 34.8 Å². The Morgan fingerprint density at radius 1 is 1.00 bits per heavy atom. The Labute approximate surface area is 258 Å². The molecule has 1 N–H and O–H groups in total. The van der Waals surface area contributed by atoms with E-state index < -0.39 is 28.5 Å². The van der Waals surface area contributed by atoms with Crippen LogP contribution in [0.5, 0.6) is 11.5 Å². The van der Waals surface area contributed by atoms with E-state index in [9.17, 15) is 18.0 Å². The van der Waals surface area contributed by atoms with Crippen molar-refractivity contribution in [2.24, 2.45) is 0 Å². The maximum atomic E-state index is 14.2. The molecule has 1 fully saturated rings. The number of halogens is 1. The molecule has 11 heteroatoms. The molecule has 43 heavy (non-hydrogen) atoms. The van der Waals surface area contributed by atoms with Crippen LogP contribution in [0.4, 0.5) is 5.69 Å². The number of aryl methyl sites for hydroxylation is 1. The quantitative estimate of drug-likeness (QED) is 0.291. The molecule has 0 spiro atoms. The topological polar surface area (TPSA) is 105 Å². The SMILES string of the molecule is COc1ccc(OC)c(N(CC(=O)N(Cc2cccc(Cl)c2)[C@H](C)C(=O)NC2CCCC2)S(=O)(=O)c2ccc(C)cc2)c1. The molecule has 1 atom stereocenters. The summed E-state index contributed by atoms with van der Waals surface area (Å²) in [6, 6.07) is 17.3. The lowest BCUT2D eigenvalue weighted by molar-refractivity contribution is -0.139. The van der Waals surface area contributed by atoms with Crippen molar-refractivity contribution in [2.45, 2.75) is 63.1 Å². The van der Waals surface area contributed by atoms with Gasteiger partial charge < -0.3 is 19.7 Å². The fourth-order valence-corrected chi connectivity index (χ4v) is 6.78. The van der Waals surface area contributed by atoms with Gasteiger partial charge in [0.25, 0.3) is 10.0 Å². The van der Waals surface area contributed by atoms with Crippen LogP contribution < -0.4 is 19.1 Å². The molecule has 0 bridgehead atoms. The minimum Gasteiger partial charge on any atom is -0.497 e. The minimum atomic E-state index is -4.27. The highest BCUT2D eigenvalue weighted by Gasteiger charge is 2.34. The molecule has 3 aromatic rings. The molecular weight excluding hydrogens is 590 g/mol. The molecule has 2 amide bonds. The second-order valence-corrected chi connectivity index (χ2v) is 13.0. The van der Waals surface area contributed by atoms with Gasteiger partial charge in [-0.25, -0.2) is 8.42 Å². The molecule has 230 valence electrons. The smallest absolute Gasteiger partial charge is 0.264 e. The number of anilines is 1. The summed E-state index contributed by atoms with van der Waals surface area (Å²) in [6.45, 7) is 2.96. The molecule has 0 aliphatic heterocycles. The summed E-state index contributed by atoms with van der Waals surface area (Å²) in [5.41, 5.74) is 1.71. The van der Waals surface area contributed by atoms with Gasteiger partial charge in [0.2, 0.25) is 11.8 Å². The fourth-order valence-electron chi connectivity index (χ4n) is 5.15. The molecule has 4 rings (SSSR count). The van der Waals surface area contributed by atoms with Crippen molar-refractivity contribution >= 4 is 39.1 Å². The van der Waals surface area contributed by atoms with Crippen molar-refractivity contribution in [3.63, 3.8) is 0 Å². The average Bonchev–Trinajstić information content (AvgIpc) is 3.51. The lowest BCUT2D eigenvalue weighted by Gasteiger charge is -2.33. The third kappa shape index (κ3) is 7.80. The number of carbonyl (C=O) groups excluding carboxylic acids is 2. The van der Waals surface area contributed by atoms with Crippen molar-refractivity contribution in [2.75, 3.05) is 25.1 Å². The lowest BCUT2D eigenvalue weighted by Crippen LogP contribution is -2.52. The summed E-state index contributed by atoms with van der Waals surface area (Å²) >= 11 is 6.23. The van der Waals surface area contributed by atoms with Crippen LogP contribution in [0.15, 0.2) is 71.6 Å². The fraction of sp³-hybridized carbons (Fsp3) is 0.375. The number of nitrogens with one attached hydrogen (secondary N) is 1. The molecular formula is C32H38ClN3O6S. The number of methoxy groups -OCH3 is 2. The van der Waals surface area contributed by atoms with E-state index in [0.717, 1.165) is 35.6 Å². The first-order valence-electron chi connectivity index (χ1n) is 14.2. The second kappa shape index (κ2) is 14.1. The molecule has 0 heterocycles. The lowest BCUT2D eigenvalue weighted by atomic mass is 10.1. The molecule has 9 nitrogen and oxygen atoms in total. The summed E-state index contributed by atoms with van der Waals surface area (Å²) in [7, 11) is -1.39. The molecule has 0 unspecified atom stereocenters. The summed E-state index contributed by atoms with van der Waals surface area (Å²) < 4.78 is 40.2. The van der Waals surface area contributed by atoms with E-state index >= 15 is 0 Å². The van der Waals surface area contributed by atoms with E-state index in [4.69, 9.17) is 21.1 Å². The van der Waals surface area contributed by atoms with Gasteiger partial charge in [-0.15, -0.1) is 0 Å². The molecule has 1 saturated carbocycles. The van der Waals surface area contributed by atoms with Crippen LogP contribution >= 0.6 is 11.6 Å². The van der Waals surface area contributed by atoms with Crippen molar-refractivity contribution in [1.29, 1.82) is 0 Å². The molecule has 0 saturated heterocycles. The number of benzene rings is 3. The highest BCUT2D eigenvalue weighted by atomic mass is 35.5. The largest absolute Gasteiger partial charge is 0.497 e. The summed E-state index contributed by atoms with van der Waals surface area (Å²) in [5.74, 6) is -0.256. The monoisotopic (exact) mass is 627 g/mol. The third-order valence-corrected chi connectivity index (χ3v) is 9.66. The van der Waals surface area contributed by atoms with Crippen LogP contribution in [0, 0.1) is 6.92 Å². The van der Waals surface area contributed by atoms with E-state index in [1.165, 1.54) is 37.3 Å². The number of ether oxygens (including phenoxy) is 2. The van der Waals surface area contributed by atoms with E-state index in [1.54, 1.807) is 55.5 Å². The number of hydrogen-bond donors (Lipinski definition) is 1. The second-order valence-electron chi connectivity index (χ2n) is 10.7. The van der Waals surface area contributed by atoms with Gasteiger partial charge in [-0.3, -0.25) is 13.9 Å². The molecule has 3 aromatic carbocycles. The minimum absolute atomic E-state index is 0.00388. The first-order chi connectivity index (χ1) is 20.5. The normalized spacial score (nSPS) is 14.2. The number of rotatable bonds is 12. The van der Waals surface area contributed by atoms with Crippen molar-refractivity contribution in [3.05, 3.63) is 82.9 Å². The standard InChI is InChI=1S/C32H38ClN3O6S/c1-22-12-15-28(16-13-22)43(39,40)36(29-19-27(41-3)14-17-30(29)42-4)21-31(37)35(20-24-8-7-9-25(33)18-24)23(2)32(38)34-26-10-5-6-11-26/h7-9,12-19,23,26H,5-6,10-11,20-21H2,1-4H3,(H,34,38)/t23-/m1/s1. The van der Waals surface area contributed by atoms with Gasteiger partial charge in [-0.2, -0.15) is 0 Å². The van der Waals surface area contributed by atoms with Crippen LogP contribution in [0.1, 0.15) is 43.7 Å². The van der Waals surface area contributed by atoms with Crippen molar-refractivity contribution < 1.29 is 27.5 Å². The maximum Gasteiger partial charge on any atom is 0.264 e. The number of hydrogen-bond acceptors (Lipinski definition) is 6. The Hall–Kier alpha value is -3.76. The molecule has 0 aromatic heterocycles. The van der Waals surface area contributed by atoms with Crippen LogP contribution in [-0.4, -0.2) is 58.0 Å². The number of sulfonamides is 1. The Morgan fingerprint density at radius 2 is 1.70 bits per heavy atom. The molecule has 0 radical (unpaired) electrons. The predicted octanol–water partition coefficient (Wildman–Crippen LogP) is 5.34. The summed E-state index contributed by atoms with van der Waals surface area (Å²) in [6.07, 6.45) is 3.86. The van der Waals surface area contributed by atoms with Gasteiger partial charge in [0.05, 0.1) is 24.8 Å². The summed E-state index contributed by atoms with van der Waals surface area (Å²) in [4.78, 5) is 29.0. The maximum absolute atomic E-state index is 14.2. The van der Waals surface area contributed by atoms with Gasteiger partial charge in [-0.05, 0) is 68.7 Å². The number of carbonyl (C=O) groups is 2. The van der Waals surface area contributed by atoms with Crippen LogP contribution in [0.25, 0.3) is 0 Å². The van der Waals surface area contributed by atoms with E-state index in [2.05, 4.69) is 5.32 Å². The first-order valence-corrected chi connectivity index (χ1v) is 16.0. The Bertz CT molecular complexity index is 1540. The van der Waals surface area contributed by atoms with Gasteiger partial charge in [-0.1, -0.05) is 54.3 Å². The highest BCUT2D eigenvalue weighted by Crippen LogP contribution is 2.36. The van der Waals surface area contributed by atoms with Crippen molar-refractivity contribution in [3.8, 4) is 11.5 Å². The highest BCUT2D eigenvalue weighted by molar-refractivity contribution is 7.92. The third-order valence-electron chi connectivity index (χ3n) is 7.65. The molecule has 1 aliphatic carbocycles. The zero-order valence-electron chi connectivity index (χ0n) is 24.9. The average molecular weight is 628 g/mol. The Kier molecular flexibility index (Phi) is 10.6. The van der Waals surface area contributed by atoms with Gasteiger partial charge in [0.1, 0.15) is 24.1 Å². The zero-order chi connectivity index (χ0) is 31.1. The van der Waals surface area contributed by atoms with Crippen LogP contribution in [0.2, 0.25) is 5.02 Å². The first kappa shape index (κ1) is 32.2. The zero-order valence-corrected chi connectivity index (χ0v) is 26.5. The Balaban J connectivity index is 1.76. The van der Waals surface area contributed by atoms with E-state index in [1.807, 2.05) is 6.92 Å². The molecule has 1 aliphatic rings. The predicted molar refractivity (Wildman–Crippen MR) is 167 cm³/mol. The van der Waals surface area contributed by atoms with Gasteiger partial charge in [0.15, 0.2) is 0 Å². The van der Waals surface area contributed by atoms with Gasteiger partial charge >= 0.3 is 0 Å². The number of nitrogens with zero attached hydrogens (tertiary/aromatic N) is 2. The van der Waals surface area contributed by atoms with Gasteiger partial charge in [0, 0.05) is 23.7 Å². The van der Waals surface area contributed by atoms with Crippen LogP contribution in [-0.2, 0) is 26.2 Å². The Morgan fingerprint density at radius 3 is 2.33 bits per heavy atom. The number of amides is 2. The van der Waals surface area contributed by atoms with Crippen molar-refractivity contribution in [1.82, 2.24) is 10.2 Å². The van der Waals surface area contributed by atoms with Crippen LogP contribution in [0.3, 0.4) is 0 Å². The van der Waals surface area contributed by atoms with E-state index in [0.29, 0.717) is 16.3 Å².